The molecule has 0 aliphatic heterocycles. The Morgan fingerprint density at radius 2 is 2.05 bits per heavy atom. The van der Waals surface area contributed by atoms with Crippen LogP contribution in [0.4, 0.5) is 5.69 Å². The van der Waals surface area contributed by atoms with E-state index in [9.17, 15) is 19.7 Å². The fourth-order valence-corrected chi connectivity index (χ4v) is 1.40. The van der Waals surface area contributed by atoms with Gasteiger partial charge in [-0.2, -0.15) is 0 Å². The number of nitro groups is 1. The van der Waals surface area contributed by atoms with Gasteiger partial charge in [0, 0.05) is 26.2 Å². The predicted octanol–water partition coefficient (Wildman–Crippen LogP) is 1.15. The molecule has 8 heteroatoms. The summed E-state index contributed by atoms with van der Waals surface area (Å²) < 4.78 is 5.20. The molecule has 1 aromatic rings. The molecule has 0 saturated heterocycles. The number of nitro benzene ring substituents is 1. The van der Waals surface area contributed by atoms with Crippen molar-refractivity contribution in [1.29, 1.82) is 0 Å². The second-order valence-corrected chi connectivity index (χ2v) is 4.13. The first kappa shape index (κ1) is 15.4. The molecule has 108 valence electrons. The molecule has 1 rings (SSSR count). The summed E-state index contributed by atoms with van der Waals surface area (Å²) in [4.78, 5) is 33.6. The molecule has 8 nitrogen and oxygen atoms in total. The molecule has 0 heterocycles. The SMILES string of the molecule is CN(C)C(=O)CCOc1ccc([N+](=O)[O-])cc1C(=O)O. The van der Waals surface area contributed by atoms with Crippen molar-refractivity contribution in [3.8, 4) is 5.75 Å². The van der Waals surface area contributed by atoms with Gasteiger partial charge < -0.3 is 14.7 Å². The molecular formula is C12H14N2O6. The summed E-state index contributed by atoms with van der Waals surface area (Å²) in [6, 6.07) is 3.28. The van der Waals surface area contributed by atoms with Gasteiger partial charge >= 0.3 is 5.97 Å². The average molecular weight is 282 g/mol. The van der Waals surface area contributed by atoms with Crippen molar-refractivity contribution in [3.63, 3.8) is 0 Å². The summed E-state index contributed by atoms with van der Waals surface area (Å²) in [7, 11) is 3.19. The maximum Gasteiger partial charge on any atom is 0.339 e. The Kier molecular flexibility index (Phi) is 5.01. The third-order valence-corrected chi connectivity index (χ3v) is 2.48. The predicted molar refractivity (Wildman–Crippen MR) is 68.9 cm³/mol. The molecule has 0 aromatic heterocycles. The lowest BCUT2D eigenvalue weighted by molar-refractivity contribution is -0.384. The van der Waals surface area contributed by atoms with Crippen molar-refractivity contribution >= 4 is 17.6 Å². The third kappa shape index (κ3) is 3.94. The summed E-state index contributed by atoms with van der Waals surface area (Å²) in [6.45, 7) is -0.00486. The van der Waals surface area contributed by atoms with Crippen molar-refractivity contribution in [2.24, 2.45) is 0 Å². The topological polar surface area (TPSA) is 110 Å². The summed E-state index contributed by atoms with van der Waals surface area (Å²) >= 11 is 0. The number of nitrogens with zero attached hydrogens (tertiary/aromatic N) is 2. The molecule has 0 spiro atoms. The van der Waals surface area contributed by atoms with Crippen LogP contribution in [-0.4, -0.2) is 47.5 Å². The van der Waals surface area contributed by atoms with Gasteiger partial charge in [0.15, 0.2) is 0 Å². The van der Waals surface area contributed by atoms with E-state index in [1.165, 1.54) is 11.0 Å². The van der Waals surface area contributed by atoms with E-state index in [1.54, 1.807) is 14.1 Å². The summed E-state index contributed by atoms with van der Waals surface area (Å²) in [5.41, 5.74) is -0.643. The molecule has 0 radical (unpaired) electrons. The van der Waals surface area contributed by atoms with Crippen LogP contribution < -0.4 is 4.74 Å². The van der Waals surface area contributed by atoms with Crippen LogP contribution in [0.1, 0.15) is 16.8 Å². The number of benzene rings is 1. The molecule has 0 fully saturated rings. The molecule has 1 amide bonds. The molecule has 1 N–H and O–H groups in total. The highest BCUT2D eigenvalue weighted by molar-refractivity contribution is 5.91. The Hall–Kier alpha value is -2.64. The highest BCUT2D eigenvalue weighted by Crippen LogP contribution is 2.24. The Morgan fingerprint density at radius 1 is 1.40 bits per heavy atom. The summed E-state index contributed by atoms with van der Waals surface area (Å²) in [5.74, 6) is -1.50. The van der Waals surface area contributed by atoms with Crippen LogP contribution in [0, 0.1) is 10.1 Å². The molecule has 1 aromatic carbocycles. The summed E-state index contributed by atoms with van der Waals surface area (Å²) in [5, 5.41) is 19.6. The lowest BCUT2D eigenvalue weighted by Gasteiger charge is -2.12. The molecule has 0 bridgehead atoms. The zero-order valence-electron chi connectivity index (χ0n) is 11.0. The molecule has 0 unspecified atom stereocenters. The van der Waals surface area contributed by atoms with E-state index in [-0.39, 0.29) is 35.9 Å². The molecule has 0 atom stereocenters. The van der Waals surface area contributed by atoms with Crippen LogP contribution in [0.2, 0.25) is 0 Å². The lowest BCUT2D eigenvalue weighted by Crippen LogP contribution is -2.23. The van der Waals surface area contributed by atoms with Gasteiger partial charge in [-0.15, -0.1) is 0 Å². The van der Waals surface area contributed by atoms with Crippen molar-refractivity contribution < 1.29 is 24.4 Å². The van der Waals surface area contributed by atoms with Gasteiger partial charge in [-0.1, -0.05) is 0 Å². The van der Waals surface area contributed by atoms with Crippen LogP contribution in [0.15, 0.2) is 18.2 Å². The number of hydrogen-bond donors (Lipinski definition) is 1. The summed E-state index contributed by atoms with van der Waals surface area (Å²) in [6.07, 6.45) is 0.0864. The van der Waals surface area contributed by atoms with E-state index < -0.39 is 10.9 Å². The van der Waals surface area contributed by atoms with Crippen LogP contribution in [0.3, 0.4) is 0 Å². The average Bonchev–Trinajstić information content (AvgIpc) is 2.38. The monoisotopic (exact) mass is 282 g/mol. The van der Waals surface area contributed by atoms with Gasteiger partial charge in [0.05, 0.1) is 18.0 Å². The minimum atomic E-state index is -1.33. The highest BCUT2D eigenvalue weighted by atomic mass is 16.6. The van der Waals surface area contributed by atoms with Crippen molar-refractivity contribution in [1.82, 2.24) is 4.90 Å². The zero-order valence-corrected chi connectivity index (χ0v) is 11.0. The third-order valence-electron chi connectivity index (χ3n) is 2.48. The first-order chi connectivity index (χ1) is 9.32. The maximum absolute atomic E-state index is 11.3. The number of carbonyl (C=O) groups is 2. The maximum atomic E-state index is 11.3. The largest absolute Gasteiger partial charge is 0.492 e. The number of carbonyl (C=O) groups excluding carboxylic acids is 1. The number of non-ortho nitro benzene ring substituents is 1. The van der Waals surface area contributed by atoms with E-state index in [2.05, 4.69) is 0 Å². The van der Waals surface area contributed by atoms with Gasteiger partial charge in [0.2, 0.25) is 5.91 Å². The van der Waals surface area contributed by atoms with Crippen LogP contribution in [0.25, 0.3) is 0 Å². The number of amides is 1. The zero-order chi connectivity index (χ0) is 15.3. The number of aromatic carboxylic acids is 1. The number of carboxylic acids is 1. The van der Waals surface area contributed by atoms with Crippen molar-refractivity contribution in [2.45, 2.75) is 6.42 Å². The van der Waals surface area contributed by atoms with Gasteiger partial charge in [0.25, 0.3) is 5.69 Å². The Balaban J connectivity index is 2.82. The number of carboxylic acid groups (broad SMARTS) is 1. The van der Waals surface area contributed by atoms with E-state index in [4.69, 9.17) is 9.84 Å². The lowest BCUT2D eigenvalue weighted by atomic mass is 10.2. The Morgan fingerprint density at radius 3 is 2.55 bits per heavy atom. The molecule has 20 heavy (non-hydrogen) atoms. The Labute approximate surface area is 114 Å². The second kappa shape index (κ2) is 6.50. The van der Waals surface area contributed by atoms with Gasteiger partial charge in [-0.25, -0.2) is 4.79 Å². The van der Waals surface area contributed by atoms with Gasteiger partial charge in [-0.05, 0) is 6.07 Å². The number of hydrogen-bond acceptors (Lipinski definition) is 5. The quantitative estimate of drug-likeness (QED) is 0.619. The standard InChI is InChI=1S/C12H14N2O6/c1-13(2)11(15)5-6-20-10-4-3-8(14(18)19)7-9(10)12(16)17/h3-4,7H,5-6H2,1-2H3,(H,16,17). The van der Waals surface area contributed by atoms with Gasteiger partial charge in [-0.3, -0.25) is 14.9 Å². The minimum Gasteiger partial charge on any atom is -0.492 e. The highest BCUT2D eigenvalue weighted by Gasteiger charge is 2.17. The van der Waals surface area contributed by atoms with E-state index in [0.717, 1.165) is 12.1 Å². The van der Waals surface area contributed by atoms with Crippen molar-refractivity contribution in [3.05, 3.63) is 33.9 Å². The molecular weight excluding hydrogens is 268 g/mol. The van der Waals surface area contributed by atoms with E-state index >= 15 is 0 Å². The molecule has 0 saturated carbocycles. The minimum absolute atomic E-state index is 0.00486. The smallest absolute Gasteiger partial charge is 0.339 e. The number of ether oxygens (including phenoxy) is 1. The fourth-order valence-electron chi connectivity index (χ4n) is 1.40. The van der Waals surface area contributed by atoms with Crippen molar-refractivity contribution in [2.75, 3.05) is 20.7 Å². The first-order valence-electron chi connectivity index (χ1n) is 5.67. The van der Waals surface area contributed by atoms with Crippen LogP contribution in [-0.2, 0) is 4.79 Å². The number of rotatable bonds is 6. The van der Waals surface area contributed by atoms with E-state index in [0.29, 0.717) is 0 Å². The van der Waals surface area contributed by atoms with Gasteiger partial charge in [0.1, 0.15) is 11.3 Å². The molecule has 0 aliphatic rings. The van der Waals surface area contributed by atoms with Crippen LogP contribution in [0.5, 0.6) is 5.75 Å². The normalized spacial score (nSPS) is 9.90. The van der Waals surface area contributed by atoms with E-state index in [1.807, 2.05) is 0 Å². The Bertz CT molecular complexity index is 541. The fraction of sp³-hybridized carbons (Fsp3) is 0.333. The second-order valence-electron chi connectivity index (χ2n) is 4.13. The first-order valence-corrected chi connectivity index (χ1v) is 5.67. The van der Waals surface area contributed by atoms with Crippen LogP contribution >= 0.6 is 0 Å². The molecule has 0 aliphatic carbocycles.